The van der Waals surface area contributed by atoms with Crippen LogP contribution in [0.2, 0.25) is 0 Å². The molecule has 0 aromatic rings. The van der Waals surface area contributed by atoms with E-state index in [2.05, 4.69) is 10.6 Å². The largest absolute Gasteiger partial charge is 0.358 e. The van der Waals surface area contributed by atoms with Gasteiger partial charge in [-0.3, -0.25) is 4.79 Å². The normalized spacial score (nSPS) is 15.1. The molecule has 108 valence electrons. The maximum absolute atomic E-state index is 11.9. The van der Waals surface area contributed by atoms with Crippen LogP contribution in [0, 0.1) is 5.92 Å². The predicted octanol–water partition coefficient (Wildman–Crippen LogP) is 0.562. The fourth-order valence-electron chi connectivity index (χ4n) is 1.64. The van der Waals surface area contributed by atoms with Gasteiger partial charge in [-0.2, -0.15) is 0 Å². The molecule has 0 spiro atoms. The quantitative estimate of drug-likeness (QED) is 0.646. The summed E-state index contributed by atoms with van der Waals surface area (Å²) in [7, 11) is -1.91. The van der Waals surface area contributed by atoms with Gasteiger partial charge >= 0.3 is 0 Å². The van der Waals surface area contributed by atoms with E-state index in [4.69, 9.17) is 0 Å². The Kier molecular flexibility index (Phi) is 8.18. The molecule has 0 radical (unpaired) electrons. The zero-order valence-corrected chi connectivity index (χ0v) is 12.6. The van der Waals surface area contributed by atoms with Crippen molar-refractivity contribution in [2.24, 2.45) is 5.92 Å². The second-order valence-corrected chi connectivity index (χ2v) is 6.78. The lowest BCUT2D eigenvalue weighted by Gasteiger charge is -2.24. The number of carbonyl (C=O) groups excluding carboxylic acids is 1. The van der Waals surface area contributed by atoms with E-state index < -0.39 is 21.5 Å². The number of amides is 1. The minimum atomic E-state index is -3.35. The number of carbonyl (C=O) groups is 1. The number of nitrogens with one attached hydrogen (secondary N) is 2. The first-order valence-electron chi connectivity index (χ1n) is 6.50. The molecule has 0 saturated carbocycles. The summed E-state index contributed by atoms with van der Waals surface area (Å²) >= 11 is 0. The van der Waals surface area contributed by atoms with E-state index in [1.807, 2.05) is 20.8 Å². The molecule has 0 saturated heterocycles. The monoisotopic (exact) mass is 278 g/mol. The summed E-state index contributed by atoms with van der Waals surface area (Å²) in [5, 5.41) is 5.60. The Labute approximate surface area is 111 Å². The molecule has 0 rings (SSSR count). The SMILES string of the molecule is CCCNC(CS(=O)(=O)CC(=O)NC)C(C)CC. The number of hydrogen-bond acceptors (Lipinski definition) is 4. The molecule has 0 bridgehead atoms. The fraction of sp³-hybridized carbons (Fsp3) is 0.917. The first-order valence-corrected chi connectivity index (χ1v) is 8.32. The molecule has 1 amide bonds. The molecule has 0 aromatic heterocycles. The third-order valence-corrected chi connectivity index (χ3v) is 4.62. The van der Waals surface area contributed by atoms with E-state index >= 15 is 0 Å². The fourth-order valence-corrected chi connectivity index (χ4v) is 3.30. The smallest absolute Gasteiger partial charge is 0.234 e. The van der Waals surface area contributed by atoms with Gasteiger partial charge in [0, 0.05) is 13.1 Å². The molecule has 0 heterocycles. The lowest BCUT2D eigenvalue weighted by Crippen LogP contribution is -2.43. The van der Waals surface area contributed by atoms with Gasteiger partial charge in [-0.1, -0.05) is 27.2 Å². The Bertz CT molecular complexity index is 341. The van der Waals surface area contributed by atoms with Gasteiger partial charge in [0.2, 0.25) is 5.91 Å². The standard InChI is InChI=1S/C12H26N2O3S/c1-5-7-14-11(10(3)6-2)8-18(16,17)9-12(15)13-4/h10-11,14H,5-9H2,1-4H3,(H,13,15). The van der Waals surface area contributed by atoms with Crippen molar-refractivity contribution in [3.05, 3.63) is 0 Å². The van der Waals surface area contributed by atoms with Gasteiger partial charge in [-0.25, -0.2) is 8.42 Å². The molecule has 0 aliphatic heterocycles. The number of sulfone groups is 1. The van der Waals surface area contributed by atoms with Crippen molar-refractivity contribution in [3.8, 4) is 0 Å². The maximum Gasteiger partial charge on any atom is 0.234 e. The molecular formula is C12H26N2O3S. The van der Waals surface area contributed by atoms with Gasteiger partial charge in [0.25, 0.3) is 0 Å². The highest BCUT2D eigenvalue weighted by molar-refractivity contribution is 7.92. The van der Waals surface area contributed by atoms with Crippen LogP contribution in [-0.2, 0) is 14.6 Å². The molecule has 0 fully saturated rings. The van der Waals surface area contributed by atoms with Crippen LogP contribution in [0.25, 0.3) is 0 Å². The van der Waals surface area contributed by atoms with Crippen LogP contribution >= 0.6 is 0 Å². The van der Waals surface area contributed by atoms with E-state index in [0.717, 1.165) is 19.4 Å². The first-order chi connectivity index (χ1) is 8.36. The summed E-state index contributed by atoms with van der Waals surface area (Å²) in [4.78, 5) is 11.2. The highest BCUT2D eigenvalue weighted by Gasteiger charge is 2.24. The second-order valence-electron chi connectivity index (χ2n) is 4.67. The molecule has 2 unspecified atom stereocenters. The zero-order valence-electron chi connectivity index (χ0n) is 11.8. The third-order valence-electron chi connectivity index (χ3n) is 3.05. The summed E-state index contributed by atoms with van der Waals surface area (Å²) in [6, 6.07) is -0.0791. The van der Waals surface area contributed by atoms with Crippen LogP contribution in [-0.4, -0.2) is 45.5 Å². The lowest BCUT2D eigenvalue weighted by atomic mass is 10.0. The van der Waals surface area contributed by atoms with E-state index in [0.29, 0.717) is 0 Å². The molecule has 0 aliphatic rings. The minimum Gasteiger partial charge on any atom is -0.358 e. The lowest BCUT2D eigenvalue weighted by molar-refractivity contribution is -0.118. The van der Waals surface area contributed by atoms with Crippen molar-refractivity contribution >= 4 is 15.7 Å². The van der Waals surface area contributed by atoms with Crippen molar-refractivity contribution in [2.75, 3.05) is 25.1 Å². The van der Waals surface area contributed by atoms with E-state index in [9.17, 15) is 13.2 Å². The molecular weight excluding hydrogens is 252 g/mol. The van der Waals surface area contributed by atoms with Crippen LogP contribution in [0.5, 0.6) is 0 Å². The summed E-state index contributed by atoms with van der Waals surface area (Å²) < 4.78 is 23.8. The molecule has 0 aliphatic carbocycles. The van der Waals surface area contributed by atoms with Gasteiger partial charge < -0.3 is 10.6 Å². The van der Waals surface area contributed by atoms with Crippen LogP contribution in [0.15, 0.2) is 0 Å². The summed E-state index contributed by atoms with van der Waals surface area (Å²) in [5.41, 5.74) is 0. The van der Waals surface area contributed by atoms with Gasteiger partial charge in [0.05, 0.1) is 5.75 Å². The zero-order chi connectivity index (χ0) is 14.2. The van der Waals surface area contributed by atoms with Gasteiger partial charge in [0.15, 0.2) is 9.84 Å². The van der Waals surface area contributed by atoms with Crippen LogP contribution in [0.3, 0.4) is 0 Å². The predicted molar refractivity (Wildman–Crippen MR) is 74.3 cm³/mol. The Hall–Kier alpha value is -0.620. The van der Waals surface area contributed by atoms with Crippen molar-refractivity contribution < 1.29 is 13.2 Å². The average Bonchev–Trinajstić information content (AvgIpc) is 2.32. The Morgan fingerprint density at radius 1 is 1.28 bits per heavy atom. The van der Waals surface area contributed by atoms with Crippen molar-refractivity contribution in [3.63, 3.8) is 0 Å². The van der Waals surface area contributed by atoms with Gasteiger partial charge in [-0.15, -0.1) is 0 Å². The Morgan fingerprint density at radius 3 is 2.33 bits per heavy atom. The van der Waals surface area contributed by atoms with E-state index in [1.165, 1.54) is 7.05 Å². The third kappa shape index (κ3) is 6.96. The van der Waals surface area contributed by atoms with Crippen LogP contribution in [0.4, 0.5) is 0 Å². The van der Waals surface area contributed by atoms with Gasteiger partial charge in [-0.05, 0) is 18.9 Å². The summed E-state index contributed by atoms with van der Waals surface area (Å²) in [6.07, 6.45) is 1.87. The molecule has 6 heteroatoms. The average molecular weight is 278 g/mol. The van der Waals surface area contributed by atoms with Crippen molar-refractivity contribution in [1.82, 2.24) is 10.6 Å². The van der Waals surface area contributed by atoms with Gasteiger partial charge in [0.1, 0.15) is 5.75 Å². The first kappa shape index (κ1) is 17.4. The van der Waals surface area contributed by atoms with Crippen LogP contribution < -0.4 is 10.6 Å². The molecule has 5 nitrogen and oxygen atoms in total. The summed E-state index contributed by atoms with van der Waals surface area (Å²) in [6.45, 7) is 6.91. The maximum atomic E-state index is 11.9. The minimum absolute atomic E-state index is 0.0232. The number of rotatable bonds is 9. The molecule has 2 atom stereocenters. The van der Waals surface area contributed by atoms with Crippen LogP contribution in [0.1, 0.15) is 33.6 Å². The van der Waals surface area contributed by atoms with E-state index in [1.54, 1.807) is 0 Å². The molecule has 0 aromatic carbocycles. The topological polar surface area (TPSA) is 75.3 Å². The highest BCUT2D eigenvalue weighted by atomic mass is 32.2. The second kappa shape index (κ2) is 8.48. The Morgan fingerprint density at radius 2 is 1.89 bits per heavy atom. The summed E-state index contributed by atoms with van der Waals surface area (Å²) in [5.74, 6) is -0.580. The van der Waals surface area contributed by atoms with Crippen molar-refractivity contribution in [2.45, 2.75) is 39.7 Å². The van der Waals surface area contributed by atoms with E-state index in [-0.39, 0.29) is 17.7 Å². The Balaban J connectivity index is 4.59. The number of hydrogen-bond donors (Lipinski definition) is 2. The molecule has 18 heavy (non-hydrogen) atoms. The highest BCUT2D eigenvalue weighted by Crippen LogP contribution is 2.10. The molecule has 2 N–H and O–H groups in total. The van der Waals surface area contributed by atoms with Crippen molar-refractivity contribution in [1.29, 1.82) is 0 Å².